The summed E-state index contributed by atoms with van der Waals surface area (Å²) in [4.78, 5) is 41.6. The second-order valence-electron chi connectivity index (χ2n) is 8.49. The molecule has 2 heterocycles. The molecule has 0 bridgehead atoms. The van der Waals surface area contributed by atoms with E-state index in [2.05, 4.69) is 4.98 Å². The molecule has 4 aromatic rings. The van der Waals surface area contributed by atoms with Gasteiger partial charge in [0, 0.05) is 31.6 Å². The smallest absolute Gasteiger partial charge is 0.347 e. The maximum absolute atomic E-state index is 13.0. The fourth-order valence-electron chi connectivity index (χ4n) is 4.30. The molecule has 2 aromatic heterocycles. The van der Waals surface area contributed by atoms with Gasteiger partial charge in [-0.2, -0.15) is 0 Å². The number of pyridine rings is 1. The Hall–Kier alpha value is -4.70. The molecular weight excluding hydrogens is 502 g/mol. The fraction of sp³-hybridized carbons (Fsp3) is 0.241. The summed E-state index contributed by atoms with van der Waals surface area (Å²) >= 11 is 0. The van der Waals surface area contributed by atoms with Crippen molar-refractivity contribution in [2.75, 3.05) is 13.3 Å². The molecule has 39 heavy (non-hydrogen) atoms. The Morgan fingerprint density at radius 1 is 0.974 bits per heavy atom. The van der Waals surface area contributed by atoms with Gasteiger partial charge in [-0.25, -0.2) is 14.4 Å². The van der Waals surface area contributed by atoms with Crippen LogP contribution in [0.5, 0.6) is 5.75 Å². The number of esters is 3. The van der Waals surface area contributed by atoms with Gasteiger partial charge >= 0.3 is 17.9 Å². The molecule has 0 amide bonds. The third-order valence-corrected chi connectivity index (χ3v) is 5.91. The lowest BCUT2D eigenvalue weighted by atomic mass is 10.1. The van der Waals surface area contributed by atoms with Crippen LogP contribution in [0.1, 0.15) is 45.8 Å². The van der Waals surface area contributed by atoms with Crippen LogP contribution in [-0.4, -0.2) is 47.1 Å². The summed E-state index contributed by atoms with van der Waals surface area (Å²) in [6.07, 6.45) is 2.26. The van der Waals surface area contributed by atoms with Gasteiger partial charge in [-0.3, -0.25) is 10.7 Å². The average Bonchev–Trinajstić information content (AvgIpc) is 3.26. The van der Waals surface area contributed by atoms with Gasteiger partial charge in [0.25, 0.3) is 0 Å². The number of hydrogen-bond acceptors (Lipinski definition) is 9. The molecule has 0 aliphatic carbocycles. The number of nitrogens with zero attached hydrogens (tertiary/aromatic N) is 2. The number of ether oxygens (including phenoxy) is 4. The van der Waals surface area contributed by atoms with Crippen molar-refractivity contribution in [2.45, 2.75) is 33.1 Å². The molecule has 2 N–H and O–H groups in total. The third kappa shape index (κ3) is 6.42. The fourth-order valence-corrected chi connectivity index (χ4v) is 4.30. The Labute approximate surface area is 225 Å². The van der Waals surface area contributed by atoms with Crippen molar-refractivity contribution in [1.29, 1.82) is 0 Å². The van der Waals surface area contributed by atoms with E-state index in [1.54, 1.807) is 18.2 Å². The van der Waals surface area contributed by atoms with Crippen LogP contribution < -0.4 is 10.5 Å². The SMILES string of the molecule is CCc1c(C(=O)OCN)c2c(OCC(=O)OC(C)OC(=O)c3cccnc3)cccc2n1Cc1ccccc1. The topological polar surface area (TPSA) is 132 Å². The first-order valence-electron chi connectivity index (χ1n) is 12.4. The van der Waals surface area contributed by atoms with E-state index in [-0.39, 0.29) is 12.3 Å². The second kappa shape index (κ2) is 12.7. The van der Waals surface area contributed by atoms with E-state index in [0.29, 0.717) is 29.7 Å². The van der Waals surface area contributed by atoms with Gasteiger partial charge in [0.05, 0.1) is 22.0 Å². The maximum Gasteiger partial charge on any atom is 0.347 e. The van der Waals surface area contributed by atoms with Crippen LogP contribution in [0.2, 0.25) is 0 Å². The molecule has 0 aliphatic heterocycles. The summed E-state index contributed by atoms with van der Waals surface area (Å²) in [7, 11) is 0. The minimum atomic E-state index is -1.15. The molecule has 0 spiro atoms. The first-order valence-corrected chi connectivity index (χ1v) is 12.4. The number of nitrogens with two attached hydrogens (primary N) is 1. The second-order valence-corrected chi connectivity index (χ2v) is 8.49. The molecule has 1 unspecified atom stereocenters. The summed E-state index contributed by atoms with van der Waals surface area (Å²) in [5.41, 5.74) is 8.60. The first kappa shape index (κ1) is 27.3. The molecule has 0 fully saturated rings. The molecule has 10 heteroatoms. The van der Waals surface area contributed by atoms with Crippen molar-refractivity contribution in [2.24, 2.45) is 5.73 Å². The molecular formula is C29H29N3O7. The average molecular weight is 532 g/mol. The van der Waals surface area contributed by atoms with Crippen molar-refractivity contribution in [3.63, 3.8) is 0 Å². The Bertz CT molecular complexity index is 1450. The number of carbonyl (C=O) groups is 3. The monoisotopic (exact) mass is 531 g/mol. The van der Waals surface area contributed by atoms with Gasteiger partial charge in [-0.05, 0) is 36.2 Å². The molecule has 0 saturated carbocycles. The number of aromatic nitrogens is 2. The number of hydrogen-bond donors (Lipinski definition) is 1. The standard InChI is InChI=1S/C29H29N3O7/c1-3-22-27(29(35)37-18-30)26-23(32(22)16-20-9-5-4-6-10-20)12-7-13-24(26)36-17-25(33)38-19(2)39-28(34)21-11-8-14-31-15-21/h4-15,19H,3,16-18,30H2,1-2H3. The molecule has 0 radical (unpaired) electrons. The van der Waals surface area contributed by atoms with Crippen LogP contribution >= 0.6 is 0 Å². The van der Waals surface area contributed by atoms with Crippen LogP contribution in [0, 0.1) is 0 Å². The lowest BCUT2D eigenvalue weighted by molar-refractivity contribution is -0.167. The van der Waals surface area contributed by atoms with Crippen molar-refractivity contribution < 1.29 is 33.3 Å². The lowest BCUT2D eigenvalue weighted by Crippen LogP contribution is -2.25. The molecule has 202 valence electrons. The highest BCUT2D eigenvalue weighted by atomic mass is 16.7. The minimum absolute atomic E-state index is 0.229. The Morgan fingerprint density at radius 3 is 2.46 bits per heavy atom. The highest BCUT2D eigenvalue weighted by molar-refractivity contribution is 6.08. The van der Waals surface area contributed by atoms with Crippen molar-refractivity contribution in [1.82, 2.24) is 9.55 Å². The summed E-state index contributed by atoms with van der Waals surface area (Å²) in [6.45, 7) is 3.12. The Balaban J connectivity index is 1.57. The first-order chi connectivity index (χ1) is 18.9. The van der Waals surface area contributed by atoms with Crippen molar-refractivity contribution >= 4 is 28.8 Å². The largest absolute Gasteiger partial charge is 0.481 e. The van der Waals surface area contributed by atoms with E-state index in [1.807, 2.05) is 47.9 Å². The maximum atomic E-state index is 13.0. The van der Waals surface area contributed by atoms with Crippen molar-refractivity contribution in [3.05, 3.63) is 95.4 Å². The molecule has 10 nitrogen and oxygen atoms in total. The van der Waals surface area contributed by atoms with E-state index in [0.717, 1.165) is 16.8 Å². The van der Waals surface area contributed by atoms with Gasteiger partial charge in [-0.1, -0.05) is 43.3 Å². The predicted molar refractivity (Wildman–Crippen MR) is 142 cm³/mol. The van der Waals surface area contributed by atoms with Crippen LogP contribution in [0.15, 0.2) is 73.1 Å². The van der Waals surface area contributed by atoms with E-state index in [1.165, 1.54) is 25.4 Å². The molecule has 1 atom stereocenters. The van der Waals surface area contributed by atoms with E-state index in [4.69, 9.17) is 24.7 Å². The summed E-state index contributed by atoms with van der Waals surface area (Å²) < 4.78 is 23.4. The number of rotatable bonds is 11. The quantitative estimate of drug-likeness (QED) is 0.226. The molecule has 0 aliphatic rings. The van der Waals surface area contributed by atoms with E-state index >= 15 is 0 Å². The summed E-state index contributed by atoms with van der Waals surface area (Å²) in [5.74, 6) is -1.72. The zero-order valence-corrected chi connectivity index (χ0v) is 21.7. The van der Waals surface area contributed by atoms with Gasteiger partial charge in [0.2, 0.25) is 6.29 Å². The van der Waals surface area contributed by atoms with Crippen LogP contribution in [0.4, 0.5) is 0 Å². The van der Waals surface area contributed by atoms with Gasteiger partial charge in [-0.15, -0.1) is 0 Å². The van der Waals surface area contributed by atoms with Crippen LogP contribution in [0.25, 0.3) is 10.9 Å². The number of benzene rings is 2. The van der Waals surface area contributed by atoms with E-state index < -0.39 is 30.8 Å². The van der Waals surface area contributed by atoms with Gasteiger partial charge < -0.3 is 23.5 Å². The number of carbonyl (C=O) groups excluding carboxylic acids is 3. The van der Waals surface area contributed by atoms with Gasteiger partial charge in [0.1, 0.15) is 12.5 Å². The van der Waals surface area contributed by atoms with Crippen LogP contribution in [0.3, 0.4) is 0 Å². The molecule has 2 aromatic carbocycles. The lowest BCUT2D eigenvalue weighted by Gasteiger charge is -2.15. The van der Waals surface area contributed by atoms with Gasteiger partial charge in [0.15, 0.2) is 6.61 Å². The normalized spacial score (nSPS) is 11.6. The number of fused-ring (bicyclic) bond motifs is 1. The zero-order valence-electron chi connectivity index (χ0n) is 21.7. The minimum Gasteiger partial charge on any atom is -0.481 e. The van der Waals surface area contributed by atoms with Crippen molar-refractivity contribution in [3.8, 4) is 5.75 Å². The molecule has 4 rings (SSSR count). The Kier molecular flexibility index (Phi) is 8.90. The third-order valence-electron chi connectivity index (χ3n) is 5.91. The zero-order chi connectivity index (χ0) is 27.8. The highest BCUT2D eigenvalue weighted by Crippen LogP contribution is 2.35. The van der Waals surface area contributed by atoms with Crippen LogP contribution in [-0.2, 0) is 32.0 Å². The predicted octanol–water partition coefficient (Wildman–Crippen LogP) is 3.85. The summed E-state index contributed by atoms with van der Waals surface area (Å²) in [5, 5.41) is 0.507. The Morgan fingerprint density at radius 2 is 1.77 bits per heavy atom. The highest BCUT2D eigenvalue weighted by Gasteiger charge is 2.26. The van der Waals surface area contributed by atoms with E-state index in [9.17, 15) is 14.4 Å². The molecule has 0 saturated heterocycles. The summed E-state index contributed by atoms with van der Waals surface area (Å²) in [6, 6.07) is 18.3.